The fourth-order valence-electron chi connectivity index (χ4n) is 3.01. The molecule has 112 valence electrons. The number of halogens is 1. The van der Waals surface area contributed by atoms with Gasteiger partial charge in [0.25, 0.3) is 0 Å². The molecule has 2 heterocycles. The van der Waals surface area contributed by atoms with Crippen molar-refractivity contribution in [2.24, 2.45) is 0 Å². The summed E-state index contributed by atoms with van der Waals surface area (Å²) >= 11 is 0. The summed E-state index contributed by atoms with van der Waals surface area (Å²) in [7, 11) is 0. The second kappa shape index (κ2) is 4.23. The molecule has 0 saturated heterocycles. The maximum atomic E-state index is 13.4. The standard InChI is InChI=1S/C18H9FO4/c19-10-2-4-14-12(6-10)17(20)13-7-11-9(5-16(13)23-14)1-3-15-18(11)22-8-21-15/h1-7H,8H2. The highest BCUT2D eigenvalue weighted by molar-refractivity contribution is 6.02. The van der Waals surface area contributed by atoms with Gasteiger partial charge in [-0.3, -0.25) is 4.79 Å². The van der Waals surface area contributed by atoms with Gasteiger partial charge in [-0.1, -0.05) is 6.07 Å². The first-order valence-electron chi connectivity index (χ1n) is 7.09. The van der Waals surface area contributed by atoms with Crippen LogP contribution in [0.25, 0.3) is 32.7 Å². The van der Waals surface area contributed by atoms with Crippen LogP contribution >= 0.6 is 0 Å². The molecule has 0 amide bonds. The molecule has 1 aliphatic rings. The smallest absolute Gasteiger partial charge is 0.231 e. The summed E-state index contributed by atoms with van der Waals surface area (Å²) in [6.07, 6.45) is 0. The van der Waals surface area contributed by atoms with Gasteiger partial charge in [-0.05, 0) is 41.8 Å². The van der Waals surface area contributed by atoms with Crippen molar-refractivity contribution in [3.63, 3.8) is 0 Å². The normalized spacial score (nSPS) is 13.3. The van der Waals surface area contributed by atoms with Gasteiger partial charge in [-0.25, -0.2) is 4.39 Å². The van der Waals surface area contributed by atoms with Gasteiger partial charge in [0.05, 0.1) is 10.8 Å². The highest BCUT2D eigenvalue weighted by Gasteiger charge is 2.18. The molecular weight excluding hydrogens is 299 g/mol. The second-order valence-electron chi connectivity index (χ2n) is 5.44. The van der Waals surface area contributed by atoms with Crippen molar-refractivity contribution in [3.8, 4) is 11.5 Å². The van der Waals surface area contributed by atoms with E-state index in [-0.39, 0.29) is 17.6 Å². The first kappa shape index (κ1) is 12.5. The van der Waals surface area contributed by atoms with E-state index < -0.39 is 5.82 Å². The van der Waals surface area contributed by atoms with Gasteiger partial charge < -0.3 is 13.9 Å². The molecule has 0 unspecified atom stereocenters. The fraction of sp³-hybridized carbons (Fsp3) is 0.0556. The molecule has 4 nitrogen and oxygen atoms in total. The Labute approximate surface area is 128 Å². The molecular formula is C18H9FO4. The summed E-state index contributed by atoms with van der Waals surface area (Å²) < 4.78 is 30.1. The third-order valence-electron chi connectivity index (χ3n) is 4.10. The van der Waals surface area contributed by atoms with Crippen molar-refractivity contribution >= 4 is 32.7 Å². The Bertz CT molecular complexity index is 1180. The molecule has 5 heteroatoms. The van der Waals surface area contributed by atoms with E-state index in [0.29, 0.717) is 28.1 Å². The molecule has 3 aromatic carbocycles. The average Bonchev–Trinajstić information content (AvgIpc) is 3.03. The number of fused-ring (bicyclic) bond motifs is 5. The van der Waals surface area contributed by atoms with E-state index in [4.69, 9.17) is 13.9 Å². The Morgan fingerprint density at radius 3 is 2.65 bits per heavy atom. The maximum absolute atomic E-state index is 13.4. The van der Waals surface area contributed by atoms with E-state index in [1.54, 1.807) is 12.1 Å². The first-order chi connectivity index (χ1) is 11.2. The van der Waals surface area contributed by atoms with Crippen molar-refractivity contribution in [1.82, 2.24) is 0 Å². The topological polar surface area (TPSA) is 48.7 Å². The molecule has 0 fully saturated rings. The van der Waals surface area contributed by atoms with Crippen LogP contribution in [0.15, 0.2) is 51.7 Å². The summed E-state index contributed by atoms with van der Waals surface area (Å²) in [5.41, 5.74) is 0.559. The van der Waals surface area contributed by atoms with Crippen molar-refractivity contribution in [2.45, 2.75) is 0 Å². The number of benzene rings is 3. The number of hydrogen-bond acceptors (Lipinski definition) is 4. The minimum atomic E-state index is -0.470. The van der Waals surface area contributed by atoms with Crippen molar-refractivity contribution in [2.75, 3.05) is 6.79 Å². The lowest BCUT2D eigenvalue weighted by molar-refractivity contribution is 0.175. The highest BCUT2D eigenvalue weighted by atomic mass is 19.1. The van der Waals surface area contributed by atoms with Gasteiger partial charge in [0.15, 0.2) is 11.5 Å². The van der Waals surface area contributed by atoms with E-state index in [1.165, 1.54) is 18.2 Å². The summed E-state index contributed by atoms with van der Waals surface area (Å²) in [5, 5.41) is 2.27. The minimum absolute atomic E-state index is 0.157. The number of rotatable bonds is 0. The molecule has 0 spiro atoms. The van der Waals surface area contributed by atoms with E-state index in [0.717, 1.165) is 10.8 Å². The van der Waals surface area contributed by atoms with E-state index in [9.17, 15) is 9.18 Å². The van der Waals surface area contributed by atoms with E-state index in [2.05, 4.69) is 0 Å². The van der Waals surface area contributed by atoms with Crippen LogP contribution in [0.4, 0.5) is 4.39 Å². The molecule has 0 atom stereocenters. The van der Waals surface area contributed by atoms with Crippen LogP contribution in [-0.4, -0.2) is 6.79 Å². The maximum Gasteiger partial charge on any atom is 0.231 e. The summed E-state index contributed by atoms with van der Waals surface area (Å²) in [6.45, 7) is 0.157. The van der Waals surface area contributed by atoms with Gasteiger partial charge in [-0.15, -0.1) is 0 Å². The Morgan fingerprint density at radius 2 is 1.74 bits per heavy atom. The highest BCUT2D eigenvalue weighted by Crippen LogP contribution is 2.40. The minimum Gasteiger partial charge on any atom is -0.456 e. The Kier molecular flexibility index (Phi) is 2.29. The van der Waals surface area contributed by atoms with Gasteiger partial charge in [0.2, 0.25) is 12.2 Å². The van der Waals surface area contributed by atoms with Gasteiger partial charge in [-0.2, -0.15) is 0 Å². The molecule has 0 bridgehead atoms. The third-order valence-corrected chi connectivity index (χ3v) is 4.10. The lowest BCUT2D eigenvalue weighted by Gasteiger charge is -2.06. The van der Waals surface area contributed by atoms with Crippen LogP contribution in [0.2, 0.25) is 0 Å². The van der Waals surface area contributed by atoms with Crippen LogP contribution < -0.4 is 14.9 Å². The summed E-state index contributed by atoms with van der Waals surface area (Å²) in [5.74, 6) is 0.791. The zero-order chi connectivity index (χ0) is 15.6. The number of hydrogen-bond donors (Lipinski definition) is 0. The molecule has 0 saturated carbocycles. The average molecular weight is 308 g/mol. The van der Waals surface area contributed by atoms with Crippen molar-refractivity contribution in [3.05, 3.63) is 58.5 Å². The van der Waals surface area contributed by atoms with Crippen molar-refractivity contribution in [1.29, 1.82) is 0 Å². The van der Waals surface area contributed by atoms with E-state index >= 15 is 0 Å². The van der Waals surface area contributed by atoms with Gasteiger partial charge >= 0.3 is 0 Å². The lowest BCUT2D eigenvalue weighted by atomic mass is 10.0. The Balaban J connectivity index is 1.97. The summed E-state index contributed by atoms with van der Waals surface area (Å²) in [4.78, 5) is 12.7. The molecule has 0 aliphatic carbocycles. The second-order valence-corrected chi connectivity index (χ2v) is 5.44. The van der Waals surface area contributed by atoms with Crippen LogP contribution in [-0.2, 0) is 0 Å². The zero-order valence-corrected chi connectivity index (χ0v) is 11.8. The Morgan fingerprint density at radius 1 is 0.870 bits per heavy atom. The fourth-order valence-corrected chi connectivity index (χ4v) is 3.01. The largest absolute Gasteiger partial charge is 0.456 e. The molecule has 1 aromatic heterocycles. The molecule has 0 radical (unpaired) electrons. The first-order valence-corrected chi connectivity index (χ1v) is 7.09. The molecule has 23 heavy (non-hydrogen) atoms. The summed E-state index contributed by atoms with van der Waals surface area (Å²) in [6, 6.07) is 11.2. The lowest BCUT2D eigenvalue weighted by Crippen LogP contribution is -2.02. The Hall–Kier alpha value is -3.08. The van der Waals surface area contributed by atoms with Crippen LogP contribution in [0.1, 0.15) is 0 Å². The molecule has 5 rings (SSSR count). The third kappa shape index (κ3) is 1.67. The monoisotopic (exact) mass is 308 g/mol. The molecule has 0 N–H and O–H groups in total. The zero-order valence-electron chi connectivity index (χ0n) is 11.8. The van der Waals surface area contributed by atoms with Crippen molar-refractivity contribution < 1.29 is 18.3 Å². The van der Waals surface area contributed by atoms with Gasteiger partial charge in [0, 0.05) is 5.39 Å². The van der Waals surface area contributed by atoms with E-state index in [1.807, 2.05) is 12.1 Å². The molecule has 4 aromatic rings. The predicted octanol–water partition coefficient (Wildman–Crippen LogP) is 3.97. The van der Waals surface area contributed by atoms with Crippen LogP contribution in [0.5, 0.6) is 11.5 Å². The number of ether oxygens (including phenoxy) is 2. The molecule has 1 aliphatic heterocycles. The van der Waals surface area contributed by atoms with Crippen LogP contribution in [0.3, 0.4) is 0 Å². The predicted molar refractivity (Wildman–Crippen MR) is 83.6 cm³/mol. The van der Waals surface area contributed by atoms with Crippen LogP contribution in [0, 0.1) is 5.82 Å². The van der Waals surface area contributed by atoms with Gasteiger partial charge in [0.1, 0.15) is 17.0 Å². The quantitative estimate of drug-likeness (QED) is 0.461. The SMILES string of the molecule is O=c1c2cc(F)ccc2oc2cc3ccc4c(c3cc12)OCO4.